The van der Waals surface area contributed by atoms with Crippen molar-refractivity contribution in [2.45, 2.75) is 11.4 Å². The first-order valence-corrected chi connectivity index (χ1v) is 8.41. The van der Waals surface area contributed by atoms with Gasteiger partial charge in [-0.15, -0.1) is 22.7 Å². The molecule has 0 aromatic carbocycles. The van der Waals surface area contributed by atoms with Gasteiger partial charge >= 0.3 is 0 Å². The van der Waals surface area contributed by atoms with Gasteiger partial charge in [-0.3, -0.25) is 4.72 Å². The Kier molecular flexibility index (Phi) is 3.83. The van der Waals surface area contributed by atoms with E-state index in [1.165, 1.54) is 28.9 Å². The molecule has 2 aromatic rings. The molecule has 0 amide bonds. The SMILES string of the molecule is NCc1cc(S(=O)(=O)Nc2nccs2)c(Br)s1. The van der Waals surface area contributed by atoms with Crippen LogP contribution < -0.4 is 10.5 Å². The summed E-state index contributed by atoms with van der Waals surface area (Å²) >= 11 is 5.76. The molecule has 9 heteroatoms. The minimum Gasteiger partial charge on any atom is -0.326 e. The van der Waals surface area contributed by atoms with Crippen LogP contribution in [-0.4, -0.2) is 13.4 Å². The standard InChI is InChI=1S/C8H8BrN3O2S3/c9-7-6(3-5(4-10)16-7)17(13,14)12-8-11-1-2-15-8/h1-3H,4,10H2,(H,11,12). The number of halogens is 1. The molecule has 3 N–H and O–H groups in total. The Labute approximate surface area is 115 Å². The Balaban J connectivity index is 2.34. The molecule has 92 valence electrons. The van der Waals surface area contributed by atoms with Gasteiger partial charge in [0.25, 0.3) is 10.0 Å². The third-order valence-electron chi connectivity index (χ3n) is 1.85. The Hall–Kier alpha value is -0.480. The number of hydrogen-bond donors (Lipinski definition) is 2. The molecule has 0 fully saturated rings. The van der Waals surface area contributed by atoms with E-state index in [0.29, 0.717) is 15.5 Å². The number of anilines is 1. The molecule has 0 aliphatic heterocycles. The van der Waals surface area contributed by atoms with Gasteiger partial charge in [-0.2, -0.15) is 0 Å². The van der Waals surface area contributed by atoms with Crippen LogP contribution in [-0.2, 0) is 16.6 Å². The number of hydrogen-bond acceptors (Lipinski definition) is 6. The van der Waals surface area contributed by atoms with Crippen molar-refractivity contribution >= 4 is 53.8 Å². The lowest BCUT2D eigenvalue weighted by molar-refractivity contribution is 0.601. The van der Waals surface area contributed by atoms with Crippen molar-refractivity contribution in [2.24, 2.45) is 5.73 Å². The lowest BCUT2D eigenvalue weighted by Gasteiger charge is -2.02. The van der Waals surface area contributed by atoms with E-state index in [9.17, 15) is 8.42 Å². The van der Waals surface area contributed by atoms with E-state index in [-0.39, 0.29) is 4.90 Å². The summed E-state index contributed by atoms with van der Waals surface area (Å²) in [5, 5.41) is 2.05. The van der Waals surface area contributed by atoms with Gasteiger partial charge in [0, 0.05) is 23.0 Å². The van der Waals surface area contributed by atoms with Crippen LogP contribution in [0.3, 0.4) is 0 Å². The number of nitrogens with zero attached hydrogens (tertiary/aromatic N) is 1. The molecule has 0 saturated heterocycles. The molecule has 0 bridgehead atoms. The van der Waals surface area contributed by atoms with Crippen LogP contribution in [0.15, 0.2) is 26.3 Å². The van der Waals surface area contributed by atoms with Gasteiger partial charge in [0.2, 0.25) is 0 Å². The molecule has 0 atom stereocenters. The van der Waals surface area contributed by atoms with Gasteiger partial charge in [-0.25, -0.2) is 13.4 Å². The highest BCUT2D eigenvalue weighted by atomic mass is 79.9. The average Bonchev–Trinajstić information content (AvgIpc) is 2.86. The summed E-state index contributed by atoms with van der Waals surface area (Å²) in [6, 6.07) is 1.56. The predicted octanol–water partition coefficient (Wildman–Crippen LogP) is 2.23. The fourth-order valence-electron chi connectivity index (χ4n) is 1.13. The minimum atomic E-state index is -3.60. The van der Waals surface area contributed by atoms with E-state index >= 15 is 0 Å². The molecule has 2 aromatic heterocycles. The van der Waals surface area contributed by atoms with Crippen molar-refractivity contribution in [3.05, 3.63) is 26.3 Å². The number of thiophene rings is 1. The summed E-state index contributed by atoms with van der Waals surface area (Å²) in [6.07, 6.45) is 1.54. The van der Waals surface area contributed by atoms with Gasteiger partial charge in [0.05, 0.1) is 3.79 Å². The number of aromatic nitrogens is 1. The molecular weight excluding hydrogens is 346 g/mol. The van der Waals surface area contributed by atoms with Crippen molar-refractivity contribution < 1.29 is 8.42 Å². The van der Waals surface area contributed by atoms with Crippen molar-refractivity contribution in [3.8, 4) is 0 Å². The average molecular weight is 354 g/mol. The molecule has 0 saturated carbocycles. The van der Waals surface area contributed by atoms with Gasteiger partial charge in [0.15, 0.2) is 5.13 Å². The highest BCUT2D eigenvalue weighted by Gasteiger charge is 2.21. The Morgan fingerprint density at radius 1 is 1.53 bits per heavy atom. The topological polar surface area (TPSA) is 85.1 Å². The van der Waals surface area contributed by atoms with Crippen LogP contribution in [0.1, 0.15) is 4.88 Å². The monoisotopic (exact) mass is 353 g/mol. The second-order valence-electron chi connectivity index (χ2n) is 3.00. The van der Waals surface area contributed by atoms with E-state index in [1.54, 1.807) is 11.4 Å². The second-order valence-corrected chi connectivity index (χ2v) is 8.00. The maximum Gasteiger partial charge on any atom is 0.265 e. The van der Waals surface area contributed by atoms with Crippen LogP contribution in [0.2, 0.25) is 0 Å². The van der Waals surface area contributed by atoms with Crippen LogP contribution in [0, 0.1) is 0 Å². The maximum atomic E-state index is 12.0. The summed E-state index contributed by atoms with van der Waals surface area (Å²) in [5.74, 6) is 0. The number of nitrogens with one attached hydrogen (secondary N) is 1. The van der Waals surface area contributed by atoms with Gasteiger partial charge in [-0.1, -0.05) is 0 Å². The lowest BCUT2D eigenvalue weighted by Crippen LogP contribution is -2.12. The van der Waals surface area contributed by atoms with Gasteiger partial charge in [0.1, 0.15) is 4.90 Å². The van der Waals surface area contributed by atoms with E-state index in [2.05, 4.69) is 25.6 Å². The molecule has 0 radical (unpaired) electrons. The van der Waals surface area contributed by atoms with Crippen LogP contribution in [0.4, 0.5) is 5.13 Å². The number of sulfonamides is 1. The summed E-state index contributed by atoms with van der Waals surface area (Å²) in [5.41, 5.74) is 5.48. The molecule has 0 spiro atoms. The quantitative estimate of drug-likeness (QED) is 0.882. The van der Waals surface area contributed by atoms with Crippen LogP contribution in [0.25, 0.3) is 0 Å². The predicted molar refractivity (Wildman–Crippen MR) is 72.8 cm³/mol. The number of nitrogens with two attached hydrogens (primary N) is 1. The van der Waals surface area contributed by atoms with Crippen molar-refractivity contribution in [1.29, 1.82) is 0 Å². The van der Waals surface area contributed by atoms with E-state index < -0.39 is 10.0 Å². The number of thiazole rings is 1. The van der Waals surface area contributed by atoms with Crippen LogP contribution >= 0.6 is 38.6 Å². The van der Waals surface area contributed by atoms with E-state index in [1.807, 2.05) is 0 Å². The summed E-state index contributed by atoms with van der Waals surface area (Å²) in [4.78, 5) is 4.87. The molecule has 0 aliphatic carbocycles. The number of rotatable bonds is 4. The lowest BCUT2D eigenvalue weighted by atomic mass is 10.5. The van der Waals surface area contributed by atoms with E-state index in [0.717, 1.165) is 4.88 Å². The highest BCUT2D eigenvalue weighted by Crippen LogP contribution is 2.32. The zero-order valence-electron chi connectivity index (χ0n) is 8.38. The van der Waals surface area contributed by atoms with Gasteiger partial charge in [-0.05, 0) is 22.0 Å². The first kappa shape index (κ1) is 13.0. The van der Waals surface area contributed by atoms with Crippen molar-refractivity contribution in [1.82, 2.24) is 4.98 Å². The first-order chi connectivity index (χ1) is 8.03. The first-order valence-electron chi connectivity index (χ1n) is 4.43. The third kappa shape index (κ3) is 2.86. The summed E-state index contributed by atoms with van der Waals surface area (Å²) in [7, 11) is -3.60. The van der Waals surface area contributed by atoms with Crippen molar-refractivity contribution in [2.75, 3.05) is 4.72 Å². The highest BCUT2D eigenvalue weighted by molar-refractivity contribution is 9.11. The smallest absolute Gasteiger partial charge is 0.265 e. The maximum absolute atomic E-state index is 12.0. The Morgan fingerprint density at radius 3 is 2.82 bits per heavy atom. The fourth-order valence-corrected chi connectivity index (χ4v) is 5.48. The normalized spacial score (nSPS) is 11.6. The third-order valence-corrected chi connectivity index (χ3v) is 6.28. The molecule has 2 rings (SSSR count). The molecule has 5 nitrogen and oxygen atoms in total. The minimum absolute atomic E-state index is 0.193. The van der Waals surface area contributed by atoms with Crippen LogP contribution in [0.5, 0.6) is 0 Å². The fraction of sp³-hybridized carbons (Fsp3) is 0.125. The molecule has 0 unspecified atom stereocenters. The summed E-state index contributed by atoms with van der Waals surface area (Å²) < 4.78 is 27.0. The van der Waals surface area contributed by atoms with Crippen molar-refractivity contribution in [3.63, 3.8) is 0 Å². The second kappa shape index (κ2) is 5.02. The Morgan fingerprint density at radius 2 is 2.29 bits per heavy atom. The molecule has 0 aliphatic rings. The largest absolute Gasteiger partial charge is 0.326 e. The zero-order valence-corrected chi connectivity index (χ0v) is 12.4. The summed E-state index contributed by atoms with van der Waals surface area (Å²) in [6.45, 7) is 0.316. The molecule has 2 heterocycles. The van der Waals surface area contributed by atoms with Gasteiger partial charge < -0.3 is 5.73 Å². The molecule has 17 heavy (non-hydrogen) atoms. The Bertz CT molecular complexity index is 606. The zero-order chi connectivity index (χ0) is 12.5. The molecular formula is C8H8BrN3O2S3. The van der Waals surface area contributed by atoms with E-state index in [4.69, 9.17) is 5.73 Å².